The lowest BCUT2D eigenvalue weighted by Gasteiger charge is -2.10. The fraction of sp³-hybridized carbons (Fsp3) is 0.0455. The number of H-pyrrole nitrogens is 1. The molecule has 29 heavy (non-hydrogen) atoms. The number of benzene rings is 3. The third-order valence-corrected chi connectivity index (χ3v) is 5.94. The van der Waals surface area contributed by atoms with Crippen molar-refractivity contribution in [2.24, 2.45) is 0 Å². The number of hydrogen-bond donors (Lipinski definition) is 3. The van der Waals surface area contributed by atoms with E-state index in [1.807, 2.05) is 31.2 Å². The largest absolute Gasteiger partial charge is 0.358 e. The van der Waals surface area contributed by atoms with E-state index >= 15 is 0 Å². The molecule has 0 unspecified atom stereocenters. The Balaban J connectivity index is 1.58. The molecule has 0 saturated heterocycles. The minimum atomic E-state index is -3.71. The van der Waals surface area contributed by atoms with Crippen molar-refractivity contribution in [3.8, 4) is 0 Å². The van der Waals surface area contributed by atoms with Crippen LogP contribution in [-0.4, -0.2) is 19.3 Å². The van der Waals surface area contributed by atoms with Gasteiger partial charge in [0.25, 0.3) is 15.9 Å². The summed E-state index contributed by atoms with van der Waals surface area (Å²) in [6.07, 6.45) is 0. The number of para-hydroxylation sites is 1. The van der Waals surface area contributed by atoms with E-state index in [9.17, 15) is 13.2 Å². The molecule has 0 aliphatic carbocycles. The molecule has 1 amide bonds. The molecule has 0 aliphatic heterocycles. The second kappa shape index (κ2) is 7.44. The lowest BCUT2D eigenvalue weighted by Crippen LogP contribution is -2.14. The highest BCUT2D eigenvalue weighted by molar-refractivity contribution is 7.92. The Morgan fingerprint density at radius 1 is 0.862 bits per heavy atom. The summed E-state index contributed by atoms with van der Waals surface area (Å²) in [5.41, 5.74) is 3.08. The minimum absolute atomic E-state index is 0.170. The summed E-state index contributed by atoms with van der Waals surface area (Å²) in [7, 11) is -3.71. The van der Waals surface area contributed by atoms with Crippen molar-refractivity contribution in [3.63, 3.8) is 0 Å². The molecular formula is C22H19N3O3S. The predicted octanol–water partition coefficient (Wildman–Crippen LogP) is 4.53. The first kappa shape index (κ1) is 18.8. The van der Waals surface area contributed by atoms with Crippen LogP contribution in [-0.2, 0) is 10.0 Å². The van der Waals surface area contributed by atoms with Crippen molar-refractivity contribution in [1.29, 1.82) is 0 Å². The van der Waals surface area contributed by atoms with Crippen LogP contribution in [0.5, 0.6) is 0 Å². The van der Waals surface area contributed by atoms with Gasteiger partial charge in [-0.25, -0.2) is 8.42 Å². The molecule has 0 spiro atoms. The number of nitrogens with one attached hydrogen (secondary N) is 3. The first-order chi connectivity index (χ1) is 13.9. The van der Waals surface area contributed by atoms with Crippen LogP contribution >= 0.6 is 0 Å². The average molecular weight is 405 g/mol. The van der Waals surface area contributed by atoms with E-state index in [1.165, 1.54) is 12.1 Å². The topological polar surface area (TPSA) is 91.1 Å². The van der Waals surface area contributed by atoms with Crippen LogP contribution in [0.1, 0.15) is 16.1 Å². The summed E-state index contributed by atoms with van der Waals surface area (Å²) in [4.78, 5) is 16.2. The van der Waals surface area contributed by atoms with Gasteiger partial charge in [0.1, 0.15) is 0 Å². The van der Waals surface area contributed by atoms with Crippen LogP contribution in [0.15, 0.2) is 83.8 Å². The molecule has 0 bridgehead atoms. The van der Waals surface area contributed by atoms with Gasteiger partial charge in [-0.05, 0) is 43.3 Å². The molecular weight excluding hydrogens is 386 g/mol. The molecule has 4 aromatic rings. The van der Waals surface area contributed by atoms with Crippen molar-refractivity contribution >= 4 is 38.2 Å². The molecule has 3 N–H and O–H groups in total. The smallest absolute Gasteiger partial charge is 0.261 e. The van der Waals surface area contributed by atoms with E-state index in [2.05, 4.69) is 15.0 Å². The Morgan fingerprint density at radius 3 is 2.34 bits per heavy atom. The zero-order valence-electron chi connectivity index (χ0n) is 15.6. The number of aromatic amines is 1. The number of amides is 1. The SMILES string of the molecule is Cc1[nH]c2ccccc2c1C(=O)Nc1cccc(NS(=O)(=O)c2ccccc2)c1. The number of carbonyl (C=O) groups is 1. The van der Waals surface area contributed by atoms with E-state index in [0.29, 0.717) is 16.9 Å². The quantitative estimate of drug-likeness (QED) is 0.456. The second-order valence-corrected chi connectivity index (χ2v) is 8.31. The fourth-order valence-corrected chi connectivity index (χ4v) is 4.31. The number of aromatic nitrogens is 1. The van der Waals surface area contributed by atoms with Crippen molar-refractivity contribution in [2.75, 3.05) is 10.0 Å². The summed E-state index contributed by atoms with van der Waals surface area (Å²) in [5, 5.41) is 3.69. The van der Waals surface area contributed by atoms with Crippen molar-refractivity contribution in [1.82, 2.24) is 4.98 Å². The van der Waals surface area contributed by atoms with Gasteiger partial charge in [0.15, 0.2) is 0 Å². The van der Waals surface area contributed by atoms with Gasteiger partial charge in [0.2, 0.25) is 0 Å². The van der Waals surface area contributed by atoms with Crippen LogP contribution < -0.4 is 10.0 Å². The fourth-order valence-electron chi connectivity index (χ4n) is 3.24. The van der Waals surface area contributed by atoms with E-state index in [4.69, 9.17) is 0 Å². The van der Waals surface area contributed by atoms with Crippen molar-refractivity contribution in [2.45, 2.75) is 11.8 Å². The molecule has 4 rings (SSSR count). The highest BCUT2D eigenvalue weighted by Gasteiger charge is 2.17. The second-order valence-electron chi connectivity index (χ2n) is 6.62. The summed E-state index contributed by atoms with van der Waals surface area (Å²) < 4.78 is 27.6. The van der Waals surface area contributed by atoms with Crippen molar-refractivity contribution < 1.29 is 13.2 Å². The highest BCUT2D eigenvalue weighted by atomic mass is 32.2. The maximum Gasteiger partial charge on any atom is 0.261 e. The first-order valence-electron chi connectivity index (χ1n) is 9.01. The Bertz CT molecular complexity index is 1300. The lowest BCUT2D eigenvalue weighted by atomic mass is 10.1. The number of carbonyl (C=O) groups excluding carboxylic acids is 1. The summed E-state index contributed by atoms with van der Waals surface area (Å²) in [6.45, 7) is 1.85. The molecule has 146 valence electrons. The molecule has 0 radical (unpaired) electrons. The Labute approximate surface area is 168 Å². The Hall–Kier alpha value is -3.58. The van der Waals surface area contributed by atoms with Crippen LogP contribution in [0.25, 0.3) is 10.9 Å². The molecule has 0 fully saturated rings. The van der Waals surface area contributed by atoms with Crippen LogP contribution in [0.4, 0.5) is 11.4 Å². The zero-order valence-corrected chi connectivity index (χ0v) is 16.5. The van der Waals surface area contributed by atoms with Crippen LogP contribution in [0.3, 0.4) is 0 Å². The maximum atomic E-state index is 12.9. The van der Waals surface area contributed by atoms with Gasteiger partial charge < -0.3 is 10.3 Å². The lowest BCUT2D eigenvalue weighted by molar-refractivity contribution is 0.102. The molecule has 3 aromatic carbocycles. The van der Waals surface area contributed by atoms with Gasteiger partial charge in [0.05, 0.1) is 16.1 Å². The van der Waals surface area contributed by atoms with E-state index in [0.717, 1.165) is 16.6 Å². The molecule has 7 heteroatoms. The van der Waals surface area contributed by atoms with E-state index in [1.54, 1.807) is 42.5 Å². The number of aryl methyl sites for hydroxylation is 1. The molecule has 0 aliphatic rings. The van der Waals surface area contributed by atoms with Gasteiger partial charge in [-0.2, -0.15) is 0 Å². The van der Waals surface area contributed by atoms with E-state index < -0.39 is 10.0 Å². The molecule has 0 saturated carbocycles. The number of anilines is 2. The van der Waals surface area contributed by atoms with Crippen LogP contribution in [0.2, 0.25) is 0 Å². The highest BCUT2D eigenvalue weighted by Crippen LogP contribution is 2.24. The van der Waals surface area contributed by atoms with Gasteiger partial charge in [-0.15, -0.1) is 0 Å². The Morgan fingerprint density at radius 2 is 1.55 bits per heavy atom. The average Bonchev–Trinajstić information content (AvgIpc) is 3.04. The first-order valence-corrected chi connectivity index (χ1v) is 10.5. The number of fused-ring (bicyclic) bond motifs is 1. The molecule has 1 heterocycles. The summed E-state index contributed by atoms with van der Waals surface area (Å²) in [6, 6.07) is 22.3. The van der Waals surface area contributed by atoms with Gasteiger partial charge in [-0.1, -0.05) is 42.5 Å². The molecule has 6 nitrogen and oxygen atoms in total. The van der Waals surface area contributed by atoms with Gasteiger partial charge in [-0.3, -0.25) is 9.52 Å². The Kier molecular flexibility index (Phi) is 4.82. The molecule has 0 atom stereocenters. The minimum Gasteiger partial charge on any atom is -0.358 e. The zero-order chi connectivity index (χ0) is 20.4. The third-order valence-electron chi connectivity index (χ3n) is 4.55. The summed E-state index contributed by atoms with van der Waals surface area (Å²) >= 11 is 0. The number of rotatable bonds is 5. The normalized spacial score (nSPS) is 11.3. The third kappa shape index (κ3) is 3.86. The standard InChI is InChI=1S/C22H19N3O3S/c1-15-21(19-12-5-6-13-20(19)23-15)22(26)24-16-8-7-9-17(14-16)25-29(27,28)18-10-3-2-4-11-18/h2-14,23,25H,1H3,(H,24,26). The summed E-state index contributed by atoms with van der Waals surface area (Å²) in [5.74, 6) is -0.261. The van der Waals surface area contributed by atoms with Crippen LogP contribution in [0, 0.1) is 6.92 Å². The van der Waals surface area contributed by atoms with Crippen molar-refractivity contribution in [3.05, 3.63) is 90.1 Å². The van der Waals surface area contributed by atoms with Gasteiger partial charge in [0, 0.05) is 22.3 Å². The van der Waals surface area contributed by atoms with Gasteiger partial charge >= 0.3 is 0 Å². The molecule has 1 aromatic heterocycles. The predicted molar refractivity (Wildman–Crippen MR) is 115 cm³/mol. The number of hydrogen-bond acceptors (Lipinski definition) is 3. The monoisotopic (exact) mass is 405 g/mol. The number of sulfonamides is 1. The van der Waals surface area contributed by atoms with E-state index in [-0.39, 0.29) is 10.8 Å². The maximum absolute atomic E-state index is 12.9.